The van der Waals surface area contributed by atoms with Crippen LogP contribution in [0.1, 0.15) is 44.6 Å². The molecule has 2 aromatic carbocycles. The highest BCUT2D eigenvalue weighted by Gasteiger charge is 2.20. The Hall–Kier alpha value is -4.40. The minimum Gasteiger partial charge on any atom is -0.457 e. The van der Waals surface area contributed by atoms with Crippen LogP contribution in [0.25, 0.3) is 0 Å². The number of amides is 3. The van der Waals surface area contributed by atoms with Crippen molar-refractivity contribution in [3.8, 4) is 11.5 Å². The number of carbonyl (C=O) groups excluding carboxylic acids is 3. The number of anilines is 3. The van der Waals surface area contributed by atoms with E-state index in [2.05, 4.69) is 15.6 Å². The molecule has 0 atom stereocenters. The van der Waals surface area contributed by atoms with E-state index in [4.69, 9.17) is 9.47 Å². The molecule has 1 aromatic heterocycles. The van der Waals surface area contributed by atoms with E-state index in [1.165, 1.54) is 11.1 Å². The Morgan fingerprint density at radius 3 is 2.03 bits per heavy atom. The van der Waals surface area contributed by atoms with Crippen LogP contribution in [0.3, 0.4) is 0 Å². The van der Waals surface area contributed by atoms with Crippen LogP contribution in [0.2, 0.25) is 0 Å². The van der Waals surface area contributed by atoms with Crippen molar-refractivity contribution in [3.05, 3.63) is 72.6 Å². The summed E-state index contributed by atoms with van der Waals surface area (Å²) in [5, 5.41) is 5.50. The highest BCUT2D eigenvalue weighted by atomic mass is 16.6. The largest absolute Gasteiger partial charge is 0.457 e. The zero-order valence-electron chi connectivity index (χ0n) is 21.0. The van der Waals surface area contributed by atoms with Crippen LogP contribution in [0.4, 0.5) is 26.7 Å². The molecule has 188 valence electrons. The molecule has 0 aliphatic heterocycles. The van der Waals surface area contributed by atoms with Crippen LogP contribution in [0.15, 0.2) is 66.9 Å². The van der Waals surface area contributed by atoms with E-state index in [-0.39, 0.29) is 5.78 Å². The van der Waals surface area contributed by atoms with Gasteiger partial charge in [-0.25, -0.2) is 9.59 Å². The second kappa shape index (κ2) is 11.4. The number of hydrogen-bond donors (Lipinski definition) is 2. The molecule has 3 aromatic rings. The third-order valence-corrected chi connectivity index (χ3v) is 4.87. The zero-order valence-corrected chi connectivity index (χ0v) is 21.0. The Morgan fingerprint density at radius 1 is 0.889 bits per heavy atom. The van der Waals surface area contributed by atoms with Crippen molar-refractivity contribution in [2.75, 3.05) is 22.6 Å². The molecule has 3 amide bonds. The highest BCUT2D eigenvalue weighted by molar-refractivity contribution is 6.00. The standard InChI is InChI=1S/C27H30N4O5/c1-6-24(32)23-17-22(15-16-28-23)35-21-13-9-19(10-14-21)30-25(33)29-18-7-11-20(12-8-18)31(5)26(34)36-27(2,3)4/h7-17H,6H2,1-5H3,(H2,29,30,33). The van der Waals surface area contributed by atoms with Crippen molar-refractivity contribution in [3.63, 3.8) is 0 Å². The maximum absolute atomic E-state index is 12.4. The van der Waals surface area contributed by atoms with E-state index in [0.29, 0.717) is 40.7 Å². The normalized spacial score (nSPS) is 10.8. The van der Waals surface area contributed by atoms with Gasteiger partial charge in [-0.2, -0.15) is 0 Å². The fourth-order valence-electron chi connectivity index (χ4n) is 3.05. The van der Waals surface area contributed by atoms with E-state index in [9.17, 15) is 14.4 Å². The number of Topliss-reactive ketones (excluding diaryl/α,β-unsaturated/α-hetero) is 1. The first-order valence-electron chi connectivity index (χ1n) is 11.5. The summed E-state index contributed by atoms with van der Waals surface area (Å²) in [6.07, 6.45) is 1.43. The van der Waals surface area contributed by atoms with Crippen molar-refractivity contribution in [2.24, 2.45) is 0 Å². The molecule has 0 bridgehead atoms. The molecule has 0 spiro atoms. The average Bonchev–Trinajstić information content (AvgIpc) is 2.84. The van der Waals surface area contributed by atoms with Crippen molar-refractivity contribution < 1.29 is 23.9 Å². The lowest BCUT2D eigenvalue weighted by Gasteiger charge is -2.24. The lowest BCUT2D eigenvalue weighted by molar-refractivity contribution is 0.0589. The number of carbonyl (C=O) groups is 3. The summed E-state index contributed by atoms with van der Waals surface area (Å²) in [5.41, 5.74) is 1.52. The highest BCUT2D eigenvalue weighted by Crippen LogP contribution is 2.24. The Morgan fingerprint density at radius 2 is 1.47 bits per heavy atom. The van der Waals surface area contributed by atoms with E-state index in [1.54, 1.807) is 95.4 Å². The molecule has 0 radical (unpaired) electrons. The van der Waals surface area contributed by atoms with Gasteiger partial charge in [0.05, 0.1) is 0 Å². The topological polar surface area (TPSA) is 110 Å². The van der Waals surface area contributed by atoms with Gasteiger partial charge < -0.3 is 20.1 Å². The van der Waals surface area contributed by atoms with Gasteiger partial charge in [-0.05, 0) is 75.4 Å². The Bertz CT molecular complexity index is 1220. The molecule has 0 aliphatic rings. The van der Waals surface area contributed by atoms with Gasteiger partial charge in [-0.1, -0.05) is 6.92 Å². The van der Waals surface area contributed by atoms with Gasteiger partial charge in [-0.15, -0.1) is 0 Å². The van der Waals surface area contributed by atoms with Gasteiger partial charge in [0, 0.05) is 42.8 Å². The van der Waals surface area contributed by atoms with Crippen molar-refractivity contribution in [2.45, 2.75) is 39.7 Å². The van der Waals surface area contributed by atoms with Crippen LogP contribution < -0.4 is 20.3 Å². The number of ether oxygens (including phenoxy) is 2. The number of urea groups is 1. The van der Waals surface area contributed by atoms with Gasteiger partial charge in [0.2, 0.25) is 0 Å². The lowest BCUT2D eigenvalue weighted by Crippen LogP contribution is -2.34. The molecule has 0 saturated heterocycles. The average molecular weight is 491 g/mol. The Balaban J connectivity index is 1.54. The molecule has 0 aliphatic carbocycles. The van der Waals surface area contributed by atoms with Crippen LogP contribution in [0.5, 0.6) is 11.5 Å². The molecule has 3 rings (SSSR count). The predicted octanol–water partition coefficient (Wildman–Crippen LogP) is 6.48. The summed E-state index contributed by atoms with van der Waals surface area (Å²) in [6.45, 7) is 7.19. The maximum atomic E-state index is 12.4. The lowest BCUT2D eigenvalue weighted by atomic mass is 10.2. The van der Waals surface area contributed by atoms with Crippen LogP contribution in [-0.4, -0.2) is 35.5 Å². The second-order valence-electron chi connectivity index (χ2n) is 8.95. The molecule has 2 N–H and O–H groups in total. The van der Waals surface area contributed by atoms with E-state index < -0.39 is 17.7 Å². The summed E-state index contributed by atoms with van der Waals surface area (Å²) in [4.78, 5) is 41.9. The quantitative estimate of drug-likeness (QED) is 0.367. The predicted molar refractivity (Wildman–Crippen MR) is 139 cm³/mol. The Labute approximate surface area is 210 Å². The number of benzene rings is 2. The summed E-state index contributed by atoms with van der Waals surface area (Å²) in [6, 6.07) is 16.5. The number of ketones is 1. The molecule has 1 heterocycles. The number of rotatable bonds is 7. The molecular weight excluding hydrogens is 460 g/mol. The third-order valence-electron chi connectivity index (χ3n) is 4.87. The molecule has 0 saturated carbocycles. The molecule has 9 nitrogen and oxygen atoms in total. The molecule has 0 fully saturated rings. The van der Waals surface area contributed by atoms with Gasteiger partial charge in [0.15, 0.2) is 5.78 Å². The molecule has 0 unspecified atom stereocenters. The fourth-order valence-corrected chi connectivity index (χ4v) is 3.05. The van der Waals surface area contributed by atoms with E-state index >= 15 is 0 Å². The molecular formula is C27H30N4O5. The van der Waals surface area contributed by atoms with Crippen LogP contribution >= 0.6 is 0 Å². The summed E-state index contributed by atoms with van der Waals surface area (Å²) in [5.74, 6) is 0.989. The number of pyridine rings is 1. The zero-order chi connectivity index (χ0) is 26.3. The number of hydrogen-bond acceptors (Lipinski definition) is 6. The SMILES string of the molecule is CCC(=O)c1cc(Oc2ccc(NC(=O)Nc3ccc(N(C)C(=O)OC(C)(C)C)cc3)cc2)ccn1. The maximum Gasteiger partial charge on any atom is 0.414 e. The Kier molecular flexibility index (Phi) is 8.26. The second-order valence-corrected chi connectivity index (χ2v) is 8.95. The molecule has 36 heavy (non-hydrogen) atoms. The number of nitrogens with zero attached hydrogens (tertiary/aromatic N) is 2. The minimum atomic E-state index is -0.590. The minimum absolute atomic E-state index is 0.0595. The number of nitrogens with one attached hydrogen (secondary N) is 2. The van der Waals surface area contributed by atoms with Crippen molar-refractivity contribution in [1.82, 2.24) is 4.98 Å². The first-order chi connectivity index (χ1) is 17.0. The first-order valence-corrected chi connectivity index (χ1v) is 11.5. The van der Waals surface area contributed by atoms with Crippen LogP contribution in [-0.2, 0) is 4.74 Å². The summed E-state index contributed by atoms with van der Waals surface area (Å²) >= 11 is 0. The first kappa shape index (κ1) is 26.2. The van der Waals surface area contributed by atoms with E-state index in [1.807, 2.05) is 0 Å². The van der Waals surface area contributed by atoms with Crippen molar-refractivity contribution >= 4 is 35.0 Å². The smallest absolute Gasteiger partial charge is 0.414 e. The van der Waals surface area contributed by atoms with Gasteiger partial charge in [0.25, 0.3) is 0 Å². The molecule has 9 heteroatoms. The van der Waals surface area contributed by atoms with Gasteiger partial charge in [-0.3, -0.25) is 14.7 Å². The van der Waals surface area contributed by atoms with Gasteiger partial charge >= 0.3 is 12.1 Å². The monoisotopic (exact) mass is 490 g/mol. The summed E-state index contributed by atoms with van der Waals surface area (Å²) in [7, 11) is 1.62. The number of aromatic nitrogens is 1. The van der Waals surface area contributed by atoms with Gasteiger partial charge in [0.1, 0.15) is 22.8 Å². The van der Waals surface area contributed by atoms with E-state index in [0.717, 1.165) is 0 Å². The fraction of sp³-hybridized carbons (Fsp3) is 0.259. The van der Waals surface area contributed by atoms with Crippen molar-refractivity contribution in [1.29, 1.82) is 0 Å². The third kappa shape index (κ3) is 7.56. The summed E-state index contributed by atoms with van der Waals surface area (Å²) < 4.78 is 11.1. The van der Waals surface area contributed by atoms with Crippen LogP contribution in [0, 0.1) is 0 Å².